The average Bonchev–Trinajstić information content (AvgIpc) is 2.70. The van der Waals surface area contributed by atoms with Gasteiger partial charge in [-0.25, -0.2) is 4.79 Å². The molecule has 1 aliphatic rings. The molecule has 1 unspecified atom stereocenters. The maximum atomic E-state index is 12.5. The second-order valence-electron chi connectivity index (χ2n) is 6.27. The fourth-order valence-corrected chi connectivity index (χ4v) is 2.87. The van der Waals surface area contributed by atoms with Gasteiger partial charge in [-0.05, 0) is 24.5 Å². The predicted octanol–water partition coefficient (Wildman–Crippen LogP) is 4.10. The van der Waals surface area contributed by atoms with E-state index in [-0.39, 0.29) is 12.6 Å². The van der Waals surface area contributed by atoms with Crippen LogP contribution in [0.2, 0.25) is 0 Å². The van der Waals surface area contributed by atoms with Crippen LogP contribution in [0.1, 0.15) is 37.8 Å². The second-order valence-corrected chi connectivity index (χ2v) is 6.27. The highest BCUT2D eigenvalue weighted by atomic mass is 16.6. The smallest absolute Gasteiger partial charge is 0.345 e. The Morgan fingerprint density at radius 3 is 2.38 bits per heavy atom. The molecule has 0 aliphatic carbocycles. The van der Waals surface area contributed by atoms with E-state index in [9.17, 15) is 4.79 Å². The molecule has 0 aromatic heterocycles. The molecule has 1 atom stereocenters. The molecule has 1 aliphatic heterocycles. The van der Waals surface area contributed by atoms with E-state index in [4.69, 9.17) is 14.2 Å². The summed E-state index contributed by atoms with van der Waals surface area (Å²) in [5.41, 5.74) is 0.814. The van der Waals surface area contributed by atoms with Crippen molar-refractivity contribution in [2.45, 2.75) is 32.3 Å². The van der Waals surface area contributed by atoms with Crippen molar-refractivity contribution < 1.29 is 19.0 Å². The summed E-state index contributed by atoms with van der Waals surface area (Å²) in [7, 11) is 0. The van der Waals surface area contributed by atoms with Crippen molar-refractivity contribution >= 4 is 5.97 Å². The molecule has 0 spiro atoms. The molecule has 4 nitrogen and oxygen atoms in total. The summed E-state index contributed by atoms with van der Waals surface area (Å²) in [6.45, 7) is 7.42. The molecule has 0 bridgehead atoms. The SMILES string of the molecule is CCOC(=O)C1(c2ccccc2C(C)C)COCCO1.[c]1ccccc1. The summed E-state index contributed by atoms with van der Waals surface area (Å²) in [4.78, 5) is 12.5. The van der Waals surface area contributed by atoms with Gasteiger partial charge in [-0.15, -0.1) is 0 Å². The van der Waals surface area contributed by atoms with Gasteiger partial charge in [-0.3, -0.25) is 0 Å². The maximum Gasteiger partial charge on any atom is 0.345 e. The topological polar surface area (TPSA) is 44.8 Å². The minimum atomic E-state index is -1.13. The number of esters is 1. The Hall–Kier alpha value is -2.17. The average molecular weight is 355 g/mol. The molecule has 1 fully saturated rings. The molecule has 1 heterocycles. The monoisotopic (exact) mass is 355 g/mol. The van der Waals surface area contributed by atoms with Gasteiger partial charge < -0.3 is 14.2 Å². The van der Waals surface area contributed by atoms with E-state index in [0.717, 1.165) is 11.1 Å². The molecule has 0 saturated carbocycles. The van der Waals surface area contributed by atoms with Crippen LogP contribution in [-0.4, -0.2) is 32.4 Å². The highest BCUT2D eigenvalue weighted by Crippen LogP contribution is 2.35. The lowest BCUT2D eigenvalue weighted by atomic mass is 9.85. The molecule has 0 N–H and O–H groups in total. The third-order valence-corrected chi connectivity index (χ3v) is 4.11. The van der Waals surface area contributed by atoms with Gasteiger partial charge in [-0.2, -0.15) is 0 Å². The van der Waals surface area contributed by atoms with Crippen molar-refractivity contribution in [3.63, 3.8) is 0 Å². The fourth-order valence-electron chi connectivity index (χ4n) is 2.87. The minimum absolute atomic E-state index is 0.204. The van der Waals surface area contributed by atoms with Gasteiger partial charge in [0.15, 0.2) is 0 Å². The Bertz CT molecular complexity index is 634. The van der Waals surface area contributed by atoms with E-state index >= 15 is 0 Å². The van der Waals surface area contributed by atoms with Gasteiger partial charge in [0.2, 0.25) is 5.60 Å². The van der Waals surface area contributed by atoms with Gasteiger partial charge >= 0.3 is 5.97 Å². The molecule has 26 heavy (non-hydrogen) atoms. The third kappa shape index (κ3) is 4.93. The first-order valence-electron chi connectivity index (χ1n) is 9.01. The van der Waals surface area contributed by atoms with Crippen LogP contribution in [0.4, 0.5) is 0 Å². The van der Waals surface area contributed by atoms with Crippen LogP contribution in [0, 0.1) is 6.07 Å². The Morgan fingerprint density at radius 2 is 1.88 bits per heavy atom. The van der Waals surface area contributed by atoms with E-state index in [0.29, 0.717) is 25.7 Å². The highest BCUT2D eigenvalue weighted by molar-refractivity contribution is 5.82. The van der Waals surface area contributed by atoms with Crippen LogP contribution < -0.4 is 0 Å². The third-order valence-electron chi connectivity index (χ3n) is 4.11. The zero-order chi connectivity index (χ0) is 18.8. The summed E-state index contributed by atoms with van der Waals surface area (Å²) in [6.07, 6.45) is 0. The van der Waals surface area contributed by atoms with Crippen molar-refractivity contribution in [3.05, 3.63) is 71.8 Å². The Balaban J connectivity index is 0.000000342. The standard InChI is InChI=1S/C16H22O4.C6H5/c1-4-19-15(17)16(11-18-9-10-20-16)14-8-6-5-7-13(14)12(2)3;1-2-4-6-5-3-1/h5-8,12H,4,9-11H2,1-3H3;1-5H. The van der Waals surface area contributed by atoms with Crippen molar-refractivity contribution in [2.24, 2.45) is 0 Å². The Morgan fingerprint density at radius 1 is 1.15 bits per heavy atom. The lowest BCUT2D eigenvalue weighted by Gasteiger charge is -2.36. The van der Waals surface area contributed by atoms with E-state index in [1.807, 2.05) is 54.6 Å². The molecule has 4 heteroatoms. The number of carbonyl (C=O) groups excluding carboxylic acids is 1. The van der Waals surface area contributed by atoms with Gasteiger partial charge in [0.05, 0.1) is 26.4 Å². The van der Waals surface area contributed by atoms with Gasteiger partial charge in [0.25, 0.3) is 0 Å². The molecule has 2 aromatic rings. The first-order chi connectivity index (χ1) is 12.6. The number of rotatable bonds is 4. The Labute approximate surface area is 156 Å². The van der Waals surface area contributed by atoms with Gasteiger partial charge in [-0.1, -0.05) is 68.4 Å². The zero-order valence-electron chi connectivity index (χ0n) is 15.7. The van der Waals surface area contributed by atoms with E-state index in [1.54, 1.807) is 6.92 Å². The molecule has 1 saturated heterocycles. The quantitative estimate of drug-likeness (QED) is 0.775. The number of hydrogen-bond acceptors (Lipinski definition) is 4. The van der Waals surface area contributed by atoms with Crippen LogP contribution >= 0.6 is 0 Å². The summed E-state index contributed by atoms with van der Waals surface area (Å²) in [5.74, 6) is -0.0733. The van der Waals surface area contributed by atoms with E-state index in [2.05, 4.69) is 19.9 Å². The molecule has 0 amide bonds. The lowest BCUT2D eigenvalue weighted by Crippen LogP contribution is -2.49. The summed E-state index contributed by atoms with van der Waals surface area (Å²) in [5, 5.41) is 0. The first-order valence-corrected chi connectivity index (χ1v) is 9.01. The van der Waals surface area contributed by atoms with Crippen molar-refractivity contribution in [1.29, 1.82) is 0 Å². The van der Waals surface area contributed by atoms with E-state index < -0.39 is 5.60 Å². The number of benzene rings is 2. The van der Waals surface area contributed by atoms with Crippen LogP contribution in [0.15, 0.2) is 54.6 Å². The van der Waals surface area contributed by atoms with Gasteiger partial charge in [0.1, 0.15) is 0 Å². The lowest BCUT2D eigenvalue weighted by molar-refractivity contribution is -0.202. The molecule has 3 rings (SSSR count). The molecule has 2 aromatic carbocycles. The van der Waals surface area contributed by atoms with E-state index in [1.165, 1.54) is 0 Å². The fraction of sp³-hybridized carbons (Fsp3) is 0.409. The first kappa shape index (κ1) is 20.1. The Kier molecular flexibility index (Phi) is 7.82. The van der Waals surface area contributed by atoms with Crippen molar-refractivity contribution in [2.75, 3.05) is 26.4 Å². The second kappa shape index (κ2) is 10.1. The molecule has 139 valence electrons. The zero-order valence-corrected chi connectivity index (χ0v) is 15.7. The van der Waals surface area contributed by atoms with Crippen molar-refractivity contribution in [3.8, 4) is 0 Å². The maximum absolute atomic E-state index is 12.5. The molecular weight excluding hydrogens is 328 g/mol. The van der Waals surface area contributed by atoms with Gasteiger partial charge in [0, 0.05) is 5.56 Å². The summed E-state index contributed by atoms with van der Waals surface area (Å²) in [6, 6.07) is 20.3. The summed E-state index contributed by atoms with van der Waals surface area (Å²) >= 11 is 0. The molecule has 1 radical (unpaired) electrons. The largest absolute Gasteiger partial charge is 0.464 e. The van der Waals surface area contributed by atoms with Crippen LogP contribution in [0.5, 0.6) is 0 Å². The van der Waals surface area contributed by atoms with Crippen LogP contribution in [-0.2, 0) is 24.6 Å². The highest BCUT2D eigenvalue weighted by Gasteiger charge is 2.46. The number of ether oxygens (including phenoxy) is 3. The molecular formula is C22H27O4. The van der Waals surface area contributed by atoms with Crippen LogP contribution in [0.25, 0.3) is 0 Å². The van der Waals surface area contributed by atoms with Crippen molar-refractivity contribution in [1.82, 2.24) is 0 Å². The number of carbonyl (C=O) groups is 1. The minimum Gasteiger partial charge on any atom is -0.464 e. The number of hydrogen-bond donors (Lipinski definition) is 0. The predicted molar refractivity (Wildman–Crippen MR) is 101 cm³/mol. The normalized spacial score (nSPS) is 19.4. The summed E-state index contributed by atoms with van der Waals surface area (Å²) < 4.78 is 16.6. The van der Waals surface area contributed by atoms with Crippen LogP contribution in [0.3, 0.4) is 0 Å².